The molecule has 0 aliphatic carbocycles. The lowest BCUT2D eigenvalue weighted by Gasteiger charge is -2.36. The van der Waals surface area contributed by atoms with E-state index < -0.39 is 17.4 Å². The van der Waals surface area contributed by atoms with E-state index in [1.54, 1.807) is 0 Å². The molecule has 0 aromatic rings. The van der Waals surface area contributed by atoms with Crippen molar-refractivity contribution in [1.82, 2.24) is 0 Å². The molecule has 1 aliphatic heterocycles. The van der Waals surface area contributed by atoms with Crippen LogP contribution in [-0.2, 0) is 19.0 Å². The normalized spacial score (nSPS) is 19.3. The number of hydrogen-bond donors (Lipinski definition) is 1. The van der Waals surface area contributed by atoms with Crippen LogP contribution >= 0.6 is 0 Å². The van der Waals surface area contributed by atoms with Gasteiger partial charge in [-0.1, -0.05) is 110 Å². The summed E-state index contributed by atoms with van der Waals surface area (Å²) in [5, 5.41) is 11.4. The van der Waals surface area contributed by atoms with Gasteiger partial charge in [0.15, 0.2) is 6.29 Å². The number of hydrogen-bond acceptors (Lipinski definition) is 5. The predicted octanol–water partition coefficient (Wildman–Crippen LogP) is 10.2. The molecule has 0 aromatic carbocycles. The Morgan fingerprint density at radius 3 is 2.14 bits per heavy atom. The predicted molar refractivity (Wildman–Crippen MR) is 176 cm³/mol. The first-order chi connectivity index (χ1) is 20.2. The zero-order chi connectivity index (χ0) is 31.1. The molecule has 0 amide bonds. The molecular weight excluding hydrogens is 524 g/mol. The molecule has 5 unspecified atom stereocenters. The number of allylic oxidation sites excluding steroid dienone is 4. The fourth-order valence-electron chi connectivity index (χ4n) is 5.77. The number of esters is 1. The number of unbranched alkanes of at least 4 members (excludes halogenated alkanes) is 9. The summed E-state index contributed by atoms with van der Waals surface area (Å²) in [6, 6.07) is 0. The van der Waals surface area contributed by atoms with E-state index in [2.05, 4.69) is 38.2 Å². The number of ether oxygens (including phenoxy) is 3. The van der Waals surface area contributed by atoms with Gasteiger partial charge in [-0.25, -0.2) is 0 Å². The topological polar surface area (TPSA) is 65.0 Å². The van der Waals surface area contributed by atoms with Gasteiger partial charge in [-0.15, -0.1) is 0 Å². The SMILES string of the molecule is CCCCCC=CCC=CCCCCCCCC(CC(O)C(C(=O)OC(C)CCCC)C(C)(C)C)OC1CCCCO1. The maximum absolute atomic E-state index is 13.2. The van der Waals surface area contributed by atoms with Crippen molar-refractivity contribution in [3.8, 4) is 0 Å². The number of aliphatic hydroxyl groups excluding tert-OH is 1. The molecule has 1 saturated heterocycles. The zero-order valence-corrected chi connectivity index (χ0v) is 28.4. The Morgan fingerprint density at radius 2 is 1.52 bits per heavy atom. The minimum Gasteiger partial charge on any atom is -0.462 e. The van der Waals surface area contributed by atoms with Crippen molar-refractivity contribution >= 4 is 5.97 Å². The maximum atomic E-state index is 13.2. The molecule has 5 heteroatoms. The van der Waals surface area contributed by atoms with Crippen LogP contribution in [0.5, 0.6) is 0 Å². The first-order valence-corrected chi connectivity index (χ1v) is 17.6. The number of carbonyl (C=O) groups excluding carboxylic acids is 1. The summed E-state index contributed by atoms with van der Waals surface area (Å²) in [6.07, 6.45) is 28.5. The van der Waals surface area contributed by atoms with E-state index in [9.17, 15) is 9.90 Å². The fourth-order valence-corrected chi connectivity index (χ4v) is 5.77. The molecule has 246 valence electrons. The Balaban J connectivity index is 2.51. The zero-order valence-electron chi connectivity index (χ0n) is 28.4. The van der Waals surface area contributed by atoms with Crippen molar-refractivity contribution in [3.05, 3.63) is 24.3 Å². The lowest BCUT2D eigenvalue weighted by molar-refractivity contribution is -0.198. The molecule has 1 aliphatic rings. The molecule has 0 radical (unpaired) electrons. The van der Waals surface area contributed by atoms with Gasteiger partial charge in [-0.2, -0.15) is 0 Å². The van der Waals surface area contributed by atoms with Crippen LogP contribution in [0.3, 0.4) is 0 Å². The van der Waals surface area contributed by atoms with Crippen LogP contribution in [0.4, 0.5) is 0 Å². The van der Waals surface area contributed by atoms with Gasteiger partial charge in [-0.3, -0.25) is 4.79 Å². The third-order valence-corrected chi connectivity index (χ3v) is 8.32. The van der Waals surface area contributed by atoms with Crippen molar-refractivity contribution in [2.45, 2.75) is 188 Å². The van der Waals surface area contributed by atoms with Crippen molar-refractivity contribution in [2.75, 3.05) is 6.61 Å². The van der Waals surface area contributed by atoms with Gasteiger partial charge in [0.05, 0.1) is 24.2 Å². The van der Waals surface area contributed by atoms with E-state index in [4.69, 9.17) is 14.2 Å². The number of carbonyl (C=O) groups is 1. The largest absolute Gasteiger partial charge is 0.462 e. The monoisotopic (exact) mass is 593 g/mol. The average molecular weight is 593 g/mol. The van der Waals surface area contributed by atoms with E-state index in [1.165, 1.54) is 44.9 Å². The van der Waals surface area contributed by atoms with Crippen LogP contribution in [0.25, 0.3) is 0 Å². The molecule has 1 rings (SSSR count). The Morgan fingerprint density at radius 1 is 0.881 bits per heavy atom. The van der Waals surface area contributed by atoms with Crippen LogP contribution in [0.1, 0.15) is 164 Å². The first kappa shape index (κ1) is 38.9. The minimum absolute atomic E-state index is 0.128. The summed E-state index contributed by atoms with van der Waals surface area (Å²) in [5.74, 6) is -0.882. The summed E-state index contributed by atoms with van der Waals surface area (Å²) in [6.45, 7) is 13.1. The standard InChI is InChI=1S/C37H68O5/c1-7-9-11-12-13-14-15-16-17-18-19-20-21-22-23-27-32(42-34-28-24-25-29-40-34)30-33(38)35(37(4,5)6)36(39)41-31(3)26-10-8-2/h13-14,16-17,31-35,38H,7-12,15,18-30H2,1-6H3. The molecule has 1 heterocycles. The van der Waals surface area contributed by atoms with Crippen molar-refractivity contribution in [2.24, 2.45) is 11.3 Å². The van der Waals surface area contributed by atoms with Gasteiger partial charge >= 0.3 is 5.97 Å². The molecule has 1 fully saturated rings. The smallest absolute Gasteiger partial charge is 0.312 e. The second-order valence-electron chi connectivity index (χ2n) is 13.6. The highest BCUT2D eigenvalue weighted by molar-refractivity contribution is 5.74. The molecule has 5 atom stereocenters. The quantitative estimate of drug-likeness (QED) is 0.0686. The second-order valence-corrected chi connectivity index (χ2v) is 13.6. The summed E-state index contributed by atoms with van der Waals surface area (Å²) < 4.78 is 18.1. The van der Waals surface area contributed by atoms with Crippen molar-refractivity contribution < 1.29 is 24.1 Å². The second kappa shape index (κ2) is 24.2. The summed E-state index contributed by atoms with van der Waals surface area (Å²) >= 11 is 0. The molecule has 1 N–H and O–H groups in total. The highest BCUT2D eigenvalue weighted by Crippen LogP contribution is 2.34. The Kier molecular flexibility index (Phi) is 22.4. The highest BCUT2D eigenvalue weighted by Gasteiger charge is 2.40. The molecule has 0 aromatic heterocycles. The summed E-state index contributed by atoms with van der Waals surface area (Å²) in [4.78, 5) is 13.2. The average Bonchev–Trinajstić information content (AvgIpc) is 2.93. The summed E-state index contributed by atoms with van der Waals surface area (Å²) in [7, 11) is 0. The third kappa shape index (κ3) is 19.2. The Bertz CT molecular complexity index is 703. The van der Waals surface area contributed by atoms with Gasteiger partial charge in [0.25, 0.3) is 0 Å². The van der Waals surface area contributed by atoms with E-state index in [1.807, 2.05) is 27.7 Å². The Hall–Kier alpha value is -1.17. The van der Waals surface area contributed by atoms with Gasteiger partial charge < -0.3 is 19.3 Å². The molecule has 0 bridgehead atoms. The van der Waals surface area contributed by atoms with Gasteiger partial charge in [0.2, 0.25) is 0 Å². The molecule has 5 nitrogen and oxygen atoms in total. The van der Waals surface area contributed by atoms with E-state index in [0.717, 1.165) is 77.2 Å². The summed E-state index contributed by atoms with van der Waals surface area (Å²) in [5.41, 5.74) is -0.410. The fraction of sp³-hybridized carbons (Fsp3) is 0.865. The van der Waals surface area contributed by atoms with Crippen LogP contribution in [0.2, 0.25) is 0 Å². The molecular formula is C37H68O5. The van der Waals surface area contributed by atoms with Crippen LogP contribution < -0.4 is 0 Å². The highest BCUT2D eigenvalue weighted by atomic mass is 16.7. The van der Waals surface area contributed by atoms with Crippen LogP contribution in [-0.4, -0.2) is 42.3 Å². The van der Waals surface area contributed by atoms with Gasteiger partial charge in [0, 0.05) is 13.0 Å². The number of aliphatic hydroxyl groups is 1. The van der Waals surface area contributed by atoms with E-state index in [-0.39, 0.29) is 24.5 Å². The number of rotatable bonds is 24. The minimum atomic E-state index is -0.817. The van der Waals surface area contributed by atoms with Crippen molar-refractivity contribution in [1.29, 1.82) is 0 Å². The van der Waals surface area contributed by atoms with Crippen LogP contribution in [0.15, 0.2) is 24.3 Å². The maximum Gasteiger partial charge on any atom is 0.312 e. The third-order valence-electron chi connectivity index (χ3n) is 8.32. The van der Waals surface area contributed by atoms with Crippen LogP contribution in [0, 0.1) is 11.3 Å². The Labute approximate surface area is 260 Å². The first-order valence-electron chi connectivity index (χ1n) is 17.6. The van der Waals surface area contributed by atoms with E-state index >= 15 is 0 Å². The lowest BCUT2D eigenvalue weighted by Crippen LogP contribution is -2.43. The van der Waals surface area contributed by atoms with Gasteiger partial charge in [-0.05, 0) is 76.5 Å². The molecule has 42 heavy (non-hydrogen) atoms. The van der Waals surface area contributed by atoms with E-state index in [0.29, 0.717) is 6.42 Å². The molecule has 0 saturated carbocycles. The molecule has 0 spiro atoms. The van der Waals surface area contributed by atoms with Gasteiger partial charge in [0.1, 0.15) is 0 Å². The lowest BCUT2D eigenvalue weighted by atomic mass is 9.75. The van der Waals surface area contributed by atoms with Crippen molar-refractivity contribution in [3.63, 3.8) is 0 Å².